The first-order valence-corrected chi connectivity index (χ1v) is 4.02. The Balaban J connectivity index is 2.40. The van der Waals surface area contributed by atoms with Crippen LogP contribution in [0.15, 0.2) is 47.4 Å². The minimum Gasteiger partial charge on any atom is -0.508 e. The zero-order valence-corrected chi connectivity index (χ0v) is 6.70. The predicted molar refractivity (Wildman–Crippen MR) is 48.3 cm³/mol. The standard InChI is InChI=1S/C10H11NO/c11-10-3-1-2-7-4-5-8(12)6-9(7)10/h1-3,5-7,12H,4,11H2. The fraction of sp³-hybridized carbons (Fsp3) is 0.200. The molecule has 0 saturated carbocycles. The summed E-state index contributed by atoms with van der Waals surface area (Å²) in [7, 11) is 0. The van der Waals surface area contributed by atoms with E-state index in [-0.39, 0.29) is 0 Å². The molecule has 12 heavy (non-hydrogen) atoms. The third-order valence-corrected chi connectivity index (χ3v) is 2.24. The highest BCUT2D eigenvalue weighted by atomic mass is 16.3. The second-order valence-corrected chi connectivity index (χ2v) is 3.08. The van der Waals surface area contributed by atoms with Gasteiger partial charge in [-0.15, -0.1) is 0 Å². The molecule has 2 aliphatic rings. The van der Waals surface area contributed by atoms with Gasteiger partial charge in [-0.1, -0.05) is 12.2 Å². The van der Waals surface area contributed by atoms with E-state index in [2.05, 4.69) is 6.08 Å². The number of hydrogen-bond acceptors (Lipinski definition) is 2. The van der Waals surface area contributed by atoms with Crippen LogP contribution in [0.2, 0.25) is 0 Å². The molecule has 2 nitrogen and oxygen atoms in total. The lowest BCUT2D eigenvalue weighted by Crippen LogP contribution is -2.14. The summed E-state index contributed by atoms with van der Waals surface area (Å²) in [6, 6.07) is 0. The fourth-order valence-corrected chi connectivity index (χ4v) is 1.57. The van der Waals surface area contributed by atoms with Crippen LogP contribution in [-0.2, 0) is 0 Å². The van der Waals surface area contributed by atoms with Crippen molar-refractivity contribution in [3.8, 4) is 0 Å². The molecule has 0 aromatic rings. The van der Waals surface area contributed by atoms with Crippen molar-refractivity contribution < 1.29 is 5.11 Å². The summed E-state index contributed by atoms with van der Waals surface area (Å²) in [5.74, 6) is 0.693. The lowest BCUT2D eigenvalue weighted by atomic mass is 9.86. The van der Waals surface area contributed by atoms with Crippen molar-refractivity contribution in [2.75, 3.05) is 0 Å². The number of rotatable bonds is 0. The van der Waals surface area contributed by atoms with E-state index in [4.69, 9.17) is 5.73 Å². The van der Waals surface area contributed by atoms with Crippen molar-refractivity contribution in [1.82, 2.24) is 0 Å². The quantitative estimate of drug-likeness (QED) is 0.569. The van der Waals surface area contributed by atoms with Gasteiger partial charge in [-0.25, -0.2) is 0 Å². The number of allylic oxidation sites excluding steroid dienone is 6. The van der Waals surface area contributed by atoms with E-state index in [1.807, 2.05) is 18.2 Å². The molecule has 0 bridgehead atoms. The molecule has 3 N–H and O–H groups in total. The zero-order valence-electron chi connectivity index (χ0n) is 6.70. The van der Waals surface area contributed by atoms with Crippen LogP contribution in [0.5, 0.6) is 0 Å². The van der Waals surface area contributed by atoms with Crippen molar-refractivity contribution >= 4 is 0 Å². The Labute approximate surface area is 71.4 Å². The fourth-order valence-electron chi connectivity index (χ4n) is 1.57. The first-order valence-electron chi connectivity index (χ1n) is 4.02. The van der Waals surface area contributed by atoms with E-state index < -0.39 is 0 Å². The molecule has 0 amide bonds. The third kappa shape index (κ3) is 1.05. The summed E-state index contributed by atoms with van der Waals surface area (Å²) in [5.41, 5.74) is 7.56. The number of aliphatic hydroxyl groups excluding tert-OH is 1. The van der Waals surface area contributed by atoms with Crippen molar-refractivity contribution in [2.45, 2.75) is 6.42 Å². The minimum atomic E-state index is 0.327. The van der Waals surface area contributed by atoms with Crippen LogP contribution in [0.3, 0.4) is 0 Å². The van der Waals surface area contributed by atoms with E-state index in [1.165, 1.54) is 0 Å². The molecule has 0 spiro atoms. The molecule has 1 unspecified atom stereocenters. The Morgan fingerprint density at radius 3 is 3.17 bits per heavy atom. The van der Waals surface area contributed by atoms with Crippen molar-refractivity contribution in [3.63, 3.8) is 0 Å². The van der Waals surface area contributed by atoms with E-state index in [0.29, 0.717) is 11.7 Å². The molecule has 0 aromatic heterocycles. The van der Waals surface area contributed by atoms with Crippen molar-refractivity contribution in [1.29, 1.82) is 0 Å². The van der Waals surface area contributed by atoms with Gasteiger partial charge in [0.15, 0.2) is 0 Å². The van der Waals surface area contributed by atoms with Gasteiger partial charge in [-0.05, 0) is 30.2 Å². The second kappa shape index (κ2) is 2.55. The summed E-state index contributed by atoms with van der Waals surface area (Å²) in [6.07, 6.45) is 10.3. The summed E-state index contributed by atoms with van der Waals surface area (Å²) in [5, 5.41) is 9.24. The van der Waals surface area contributed by atoms with E-state index >= 15 is 0 Å². The number of hydrogen-bond donors (Lipinski definition) is 2. The molecule has 62 valence electrons. The van der Waals surface area contributed by atoms with E-state index in [9.17, 15) is 5.11 Å². The Morgan fingerprint density at radius 1 is 1.50 bits per heavy atom. The van der Waals surface area contributed by atoms with Crippen LogP contribution >= 0.6 is 0 Å². The van der Waals surface area contributed by atoms with Gasteiger partial charge in [0.2, 0.25) is 0 Å². The highest BCUT2D eigenvalue weighted by molar-refractivity contribution is 5.45. The maximum Gasteiger partial charge on any atom is 0.112 e. The number of fused-ring (bicyclic) bond motifs is 1. The average Bonchev–Trinajstić information content (AvgIpc) is 2.07. The summed E-state index contributed by atoms with van der Waals surface area (Å²) in [4.78, 5) is 0. The molecule has 0 aliphatic heterocycles. The Bertz CT molecular complexity index is 321. The molecular formula is C10H11NO. The third-order valence-electron chi connectivity index (χ3n) is 2.24. The Morgan fingerprint density at radius 2 is 2.33 bits per heavy atom. The number of nitrogens with two attached hydrogens (primary N) is 1. The highest BCUT2D eigenvalue weighted by Gasteiger charge is 2.18. The molecule has 0 radical (unpaired) electrons. The van der Waals surface area contributed by atoms with Crippen LogP contribution < -0.4 is 5.73 Å². The first-order chi connectivity index (χ1) is 5.77. The maximum absolute atomic E-state index is 9.24. The predicted octanol–water partition coefficient (Wildman–Crippen LogP) is 1.79. The lowest BCUT2D eigenvalue weighted by molar-refractivity contribution is 0.422. The minimum absolute atomic E-state index is 0.327. The molecule has 2 rings (SSSR count). The Kier molecular flexibility index (Phi) is 1.54. The topological polar surface area (TPSA) is 46.2 Å². The molecular weight excluding hydrogens is 150 g/mol. The maximum atomic E-state index is 9.24. The Hall–Kier alpha value is -1.44. The largest absolute Gasteiger partial charge is 0.508 e. The van der Waals surface area contributed by atoms with Gasteiger partial charge in [0.05, 0.1) is 0 Å². The zero-order chi connectivity index (χ0) is 8.55. The smallest absolute Gasteiger partial charge is 0.112 e. The van der Waals surface area contributed by atoms with Gasteiger partial charge in [-0.2, -0.15) is 0 Å². The average molecular weight is 161 g/mol. The van der Waals surface area contributed by atoms with Crippen LogP contribution in [0.1, 0.15) is 6.42 Å². The van der Waals surface area contributed by atoms with Crippen LogP contribution in [0.25, 0.3) is 0 Å². The molecule has 2 heteroatoms. The van der Waals surface area contributed by atoms with E-state index in [1.54, 1.807) is 6.08 Å². The van der Waals surface area contributed by atoms with Gasteiger partial charge in [-0.3, -0.25) is 0 Å². The van der Waals surface area contributed by atoms with E-state index in [0.717, 1.165) is 17.7 Å². The molecule has 0 saturated heterocycles. The molecule has 0 fully saturated rings. The molecule has 2 aliphatic carbocycles. The summed E-state index contributed by atoms with van der Waals surface area (Å²) in [6.45, 7) is 0. The second-order valence-electron chi connectivity index (χ2n) is 3.08. The monoisotopic (exact) mass is 161 g/mol. The van der Waals surface area contributed by atoms with Crippen molar-refractivity contribution in [3.05, 3.63) is 47.4 Å². The normalized spacial score (nSPS) is 27.0. The number of aliphatic hydroxyl groups is 1. The summed E-state index contributed by atoms with van der Waals surface area (Å²) < 4.78 is 0. The van der Waals surface area contributed by atoms with Gasteiger partial charge in [0.25, 0.3) is 0 Å². The van der Waals surface area contributed by atoms with Crippen LogP contribution in [0, 0.1) is 5.92 Å². The molecule has 0 aromatic carbocycles. The van der Waals surface area contributed by atoms with Crippen LogP contribution in [-0.4, -0.2) is 5.11 Å². The summed E-state index contributed by atoms with van der Waals surface area (Å²) >= 11 is 0. The van der Waals surface area contributed by atoms with Crippen LogP contribution in [0.4, 0.5) is 0 Å². The van der Waals surface area contributed by atoms with Gasteiger partial charge < -0.3 is 10.8 Å². The lowest BCUT2D eigenvalue weighted by Gasteiger charge is -2.22. The molecule has 1 atom stereocenters. The van der Waals surface area contributed by atoms with Gasteiger partial charge in [0, 0.05) is 11.6 Å². The van der Waals surface area contributed by atoms with Gasteiger partial charge in [0.1, 0.15) is 5.76 Å². The molecule has 0 heterocycles. The van der Waals surface area contributed by atoms with Crippen molar-refractivity contribution in [2.24, 2.45) is 11.7 Å². The highest BCUT2D eigenvalue weighted by Crippen LogP contribution is 2.30. The van der Waals surface area contributed by atoms with Gasteiger partial charge >= 0.3 is 0 Å². The SMILES string of the molecule is NC1=CC=CC2CC=C(O)C=C12. The first kappa shape index (κ1) is 7.22.